The number of aromatic amines is 1. The Morgan fingerprint density at radius 1 is 1.17 bits per heavy atom. The second kappa shape index (κ2) is 6.01. The van der Waals surface area contributed by atoms with Gasteiger partial charge >= 0.3 is 0 Å². The highest BCUT2D eigenvalue weighted by molar-refractivity contribution is 5.39. The van der Waals surface area contributed by atoms with Gasteiger partial charge in [-0.25, -0.2) is 9.50 Å². The predicted molar refractivity (Wildman–Crippen MR) is 91.6 cm³/mol. The molecule has 2 aromatic heterocycles. The summed E-state index contributed by atoms with van der Waals surface area (Å²) in [5, 5.41) is 2.99. The highest BCUT2D eigenvalue weighted by atomic mass is 16.1. The molecule has 0 aliphatic rings. The quantitative estimate of drug-likeness (QED) is 0.806. The zero-order valence-electron chi connectivity index (χ0n) is 14.1. The highest BCUT2D eigenvalue weighted by Crippen LogP contribution is 2.15. The van der Waals surface area contributed by atoms with Crippen molar-refractivity contribution in [1.82, 2.24) is 19.5 Å². The molecule has 0 aliphatic carbocycles. The van der Waals surface area contributed by atoms with E-state index in [1.807, 2.05) is 20.0 Å². The van der Waals surface area contributed by atoms with Crippen LogP contribution in [0, 0.1) is 20.8 Å². The number of nitrogens with one attached hydrogen (secondary N) is 1. The Hall–Kier alpha value is -2.40. The Labute approximate surface area is 135 Å². The van der Waals surface area contributed by atoms with Crippen molar-refractivity contribution in [1.29, 1.82) is 0 Å². The Kier molecular flexibility index (Phi) is 4.05. The van der Waals surface area contributed by atoms with E-state index in [1.54, 1.807) is 6.07 Å². The molecule has 0 fully saturated rings. The van der Waals surface area contributed by atoms with Crippen molar-refractivity contribution in [3.63, 3.8) is 0 Å². The predicted octanol–water partition coefficient (Wildman–Crippen LogP) is 2.58. The maximum atomic E-state index is 12.1. The van der Waals surface area contributed by atoms with E-state index in [4.69, 9.17) is 0 Å². The first kappa shape index (κ1) is 15.5. The lowest BCUT2D eigenvalue weighted by molar-refractivity contribution is 0.314. The zero-order chi connectivity index (χ0) is 16.6. The molecule has 5 nitrogen and oxygen atoms in total. The van der Waals surface area contributed by atoms with Crippen molar-refractivity contribution < 1.29 is 0 Å². The molecule has 0 radical (unpaired) electrons. The first-order valence-corrected chi connectivity index (χ1v) is 7.76. The first-order chi connectivity index (χ1) is 10.9. The standard InChI is InChI=1S/C18H22N4O/c1-12-6-5-7-15(14(12)3)10-21(4)11-16-9-18(23)22-17(19-16)8-13(2)20-22/h5-9,20H,10-11H2,1-4H3. The van der Waals surface area contributed by atoms with E-state index in [-0.39, 0.29) is 5.56 Å². The Balaban J connectivity index is 1.81. The van der Waals surface area contributed by atoms with E-state index in [2.05, 4.69) is 47.0 Å². The molecule has 120 valence electrons. The minimum Gasteiger partial charge on any atom is -0.296 e. The number of nitrogens with zero attached hydrogens (tertiary/aromatic N) is 3. The Bertz CT molecular complexity index is 907. The van der Waals surface area contributed by atoms with Crippen LogP contribution in [0.2, 0.25) is 0 Å². The van der Waals surface area contributed by atoms with Crippen LogP contribution in [0.1, 0.15) is 28.1 Å². The number of benzene rings is 1. The topological polar surface area (TPSA) is 53.4 Å². The smallest absolute Gasteiger partial charge is 0.272 e. The van der Waals surface area contributed by atoms with Crippen LogP contribution in [0.25, 0.3) is 5.65 Å². The molecule has 0 spiro atoms. The molecule has 0 saturated heterocycles. The van der Waals surface area contributed by atoms with Crippen molar-refractivity contribution in [3.8, 4) is 0 Å². The van der Waals surface area contributed by atoms with Gasteiger partial charge in [-0.15, -0.1) is 0 Å². The molecule has 1 aromatic carbocycles. The molecule has 0 aliphatic heterocycles. The van der Waals surface area contributed by atoms with Crippen LogP contribution in [0.3, 0.4) is 0 Å². The Morgan fingerprint density at radius 3 is 2.74 bits per heavy atom. The van der Waals surface area contributed by atoms with Crippen molar-refractivity contribution >= 4 is 5.65 Å². The van der Waals surface area contributed by atoms with Crippen molar-refractivity contribution in [2.45, 2.75) is 33.9 Å². The summed E-state index contributed by atoms with van der Waals surface area (Å²) in [5.41, 5.74) is 6.25. The average molecular weight is 310 g/mol. The van der Waals surface area contributed by atoms with E-state index in [0.717, 1.165) is 17.9 Å². The van der Waals surface area contributed by atoms with E-state index in [1.165, 1.54) is 21.2 Å². The molecule has 3 aromatic rings. The lowest BCUT2D eigenvalue weighted by Crippen LogP contribution is -2.22. The van der Waals surface area contributed by atoms with E-state index in [9.17, 15) is 4.79 Å². The van der Waals surface area contributed by atoms with Gasteiger partial charge in [0, 0.05) is 30.9 Å². The molecule has 0 atom stereocenters. The fraction of sp³-hybridized carbons (Fsp3) is 0.333. The number of aromatic nitrogens is 3. The van der Waals surface area contributed by atoms with Crippen LogP contribution in [0.4, 0.5) is 0 Å². The van der Waals surface area contributed by atoms with Crippen LogP contribution >= 0.6 is 0 Å². The van der Waals surface area contributed by atoms with E-state index >= 15 is 0 Å². The van der Waals surface area contributed by atoms with Gasteiger partial charge in [-0.3, -0.25) is 14.8 Å². The summed E-state index contributed by atoms with van der Waals surface area (Å²) in [4.78, 5) is 18.9. The third-order valence-electron chi connectivity index (χ3n) is 4.22. The summed E-state index contributed by atoms with van der Waals surface area (Å²) in [7, 11) is 2.05. The molecule has 0 bridgehead atoms. The van der Waals surface area contributed by atoms with E-state index in [0.29, 0.717) is 12.2 Å². The maximum Gasteiger partial charge on any atom is 0.272 e. The van der Waals surface area contributed by atoms with Crippen molar-refractivity contribution in [3.05, 3.63) is 68.8 Å². The third kappa shape index (κ3) is 3.19. The van der Waals surface area contributed by atoms with Crippen LogP contribution in [-0.4, -0.2) is 26.5 Å². The van der Waals surface area contributed by atoms with Crippen LogP contribution < -0.4 is 5.56 Å². The zero-order valence-corrected chi connectivity index (χ0v) is 14.1. The number of rotatable bonds is 4. The second-order valence-electron chi connectivity index (χ2n) is 6.25. The average Bonchev–Trinajstić information content (AvgIpc) is 2.85. The molecule has 2 heterocycles. The summed E-state index contributed by atoms with van der Waals surface area (Å²) >= 11 is 0. The molecule has 1 N–H and O–H groups in total. The third-order valence-corrected chi connectivity index (χ3v) is 4.22. The first-order valence-electron chi connectivity index (χ1n) is 7.76. The second-order valence-corrected chi connectivity index (χ2v) is 6.25. The lowest BCUT2D eigenvalue weighted by Gasteiger charge is -2.18. The molecule has 5 heteroatoms. The SMILES string of the molecule is Cc1cc2nc(CN(C)Cc3cccc(C)c3C)cc(=O)n2[nH]1. The summed E-state index contributed by atoms with van der Waals surface area (Å²) in [6, 6.07) is 9.85. The van der Waals surface area contributed by atoms with Gasteiger partial charge in [0.1, 0.15) is 0 Å². The summed E-state index contributed by atoms with van der Waals surface area (Å²) < 4.78 is 1.48. The van der Waals surface area contributed by atoms with Gasteiger partial charge in [0.15, 0.2) is 5.65 Å². The van der Waals surface area contributed by atoms with Gasteiger partial charge in [0.2, 0.25) is 0 Å². The van der Waals surface area contributed by atoms with Gasteiger partial charge in [-0.1, -0.05) is 18.2 Å². The molecule has 0 unspecified atom stereocenters. The fourth-order valence-electron chi connectivity index (χ4n) is 2.85. The molecule has 23 heavy (non-hydrogen) atoms. The summed E-state index contributed by atoms with van der Waals surface area (Å²) in [6.07, 6.45) is 0. The number of fused-ring (bicyclic) bond motifs is 1. The minimum atomic E-state index is -0.0711. The fourth-order valence-corrected chi connectivity index (χ4v) is 2.85. The summed E-state index contributed by atoms with van der Waals surface area (Å²) in [6.45, 7) is 7.67. The lowest BCUT2D eigenvalue weighted by atomic mass is 10.0. The molecule has 0 amide bonds. The highest BCUT2D eigenvalue weighted by Gasteiger charge is 2.09. The minimum absolute atomic E-state index is 0.0711. The normalized spacial score (nSPS) is 11.5. The monoisotopic (exact) mass is 310 g/mol. The van der Waals surface area contributed by atoms with Gasteiger partial charge in [0.05, 0.1) is 5.69 Å². The molecular weight excluding hydrogens is 288 g/mol. The van der Waals surface area contributed by atoms with Crippen LogP contribution in [0.5, 0.6) is 0 Å². The number of H-pyrrole nitrogens is 1. The number of hydrogen-bond donors (Lipinski definition) is 1. The number of hydrogen-bond acceptors (Lipinski definition) is 3. The van der Waals surface area contributed by atoms with Gasteiger partial charge in [0.25, 0.3) is 5.56 Å². The van der Waals surface area contributed by atoms with Crippen LogP contribution in [0.15, 0.2) is 35.1 Å². The maximum absolute atomic E-state index is 12.1. The van der Waals surface area contributed by atoms with Gasteiger partial charge < -0.3 is 0 Å². The molecule has 3 rings (SSSR count). The van der Waals surface area contributed by atoms with Crippen molar-refractivity contribution in [2.24, 2.45) is 0 Å². The molecular formula is C18H22N4O. The van der Waals surface area contributed by atoms with Gasteiger partial charge in [-0.2, -0.15) is 0 Å². The number of aryl methyl sites for hydroxylation is 2. The largest absolute Gasteiger partial charge is 0.296 e. The summed E-state index contributed by atoms with van der Waals surface area (Å²) in [5.74, 6) is 0. The van der Waals surface area contributed by atoms with Gasteiger partial charge in [-0.05, 0) is 44.5 Å². The van der Waals surface area contributed by atoms with Crippen molar-refractivity contribution in [2.75, 3.05) is 7.05 Å². The van der Waals surface area contributed by atoms with E-state index < -0.39 is 0 Å². The Morgan fingerprint density at radius 2 is 1.96 bits per heavy atom. The molecule has 0 saturated carbocycles. The van der Waals surface area contributed by atoms with Crippen LogP contribution in [-0.2, 0) is 13.1 Å².